The number of aromatic nitrogens is 1. The van der Waals surface area contributed by atoms with Crippen LogP contribution in [-0.4, -0.2) is 36.9 Å². The molecule has 1 aliphatic rings. The van der Waals surface area contributed by atoms with Crippen LogP contribution in [0.15, 0.2) is 35.4 Å². The zero-order chi connectivity index (χ0) is 19.8. The van der Waals surface area contributed by atoms with Gasteiger partial charge in [0, 0.05) is 38.4 Å². The van der Waals surface area contributed by atoms with Crippen molar-refractivity contribution in [2.45, 2.75) is 31.8 Å². The fourth-order valence-corrected chi connectivity index (χ4v) is 4.13. The Kier molecular flexibility index (Phi) is 5.34. The molecule has 0 bridgehead atoms. The summed E-state index contributed by atoms with van der Waals surface area (Å²) < 4.78 is 55.4. The van der Waals surface area contributed by atoms with Gasteiger partial charge in [0.1, 0.15) is 22.2 Å². The lowest BCUT2D eigenvalue weighted by Gasteiger charge is -2.29. The number of carbonyl (C=O) groups is 1. The number of fused-ring (bicyclic) bond motifs is 1. The van der Waals surface area contributed by atoms with E-state index in [9.17, 15) is 22.0 Å². The molecular formula is C18H21F2N3O3S. The average Bonchev–Trinajstić information content (AvgIpc) is 3.01. The Bertz CT molecular complexity index is 950. The van der Waals surface area contributed by atoms with Crippen LogP contribution in [0.2, 0.25) is 0 Å². The SMILES string of the molecule is CC(C)CN1CCn2cc(S(=O)(=O)NCc3cc(F)cc(F)c3)cc2C1=O. The number of amides is 1. The predicted molar refractivity (Wildman–Crippen MR) is 95.6 cm³/mol. The van der Waals surface area contributed by atoms with Crippen LogP contribution in [0.4, 0.5) is 8.78 Å². The maximum Gasteiger partial charge on any atom is 0.270 e. The van der Waals surface area contributed by atoms with Gasteiger partial charge >= 0.3 is 0 Å². The summed E-state index contributed by atoms with van der Waals surface area (Å²) in [7, 11) is -3.93. The molecule has 146 valence electrons. The Morgan fingerprint density at radius 2 is 1.78 bits per heavy atom. The molecule has 2 aromatic rings. The number of nitrogens with zero attached hydrogens (tertiary/aromatic N) is 2. The van der Waals surface area contributed by atoms with Crippen molar-refractivity contribution in [3.05, 3.63) is 53.4 Å². The topological polar surface area (TPSA) is 71.4 Å². The van der Waals surface area contributed by atoms with E-state index in [-0.39, 0.29) is 22.9 Å². The van der Waals surface area contributed by atoms with E-state index >= 15 is 0 Å². The van der Waals surface area contributed by atoms with Crippen LogP contribution in [0.3, 0.4) is 0 Å². The minimum atomic E-state index is -3.93. The van der Waals surface area contributed by atoms with E-state index in [4.69, 9.17) is 0 Å². The van der Waals surface area contributed by atoms with Crippen molar-refractivity contribution in [3.63, 3.8) is 0 Å². The first-order valence-corrected chi connectivity index (χ1v) is 10.1. The van der Waals surface area contributed by atoms with E-state index in [0.29, 0.717) is 37.3 Å². The summed E-state index contributed by atoms with van der Waals surface area (Å²) in [6, 6.07) is 4.17. The van der Waals surface area contributed by atoms with Gasteiger partial charge in [-0.2, -0.15) is 0 Å². The second-order valence-electron chi connectivity index (χ2n) is 7.00. The third-order valence-corrected chi connectivity index (χ3v) is 5.64. The minimum Gasteiger partial charge on any atom is -0.340 e. The molecule has 0 aliphatic carbocycles. The van der Waals surface area contributed by atoms with E-state index in [2.05, 4.69) is 4.72 Å². The smallest absolute Gasteiger partial charge is 0.270 e. The molecule has 1 aliphatic heterocycles. The first-order chi connectivity index (χ1) is 12.7. The maximum atomic E-state index is 13.2. The lowest BCUT2D eigenvalue weighted by molar-refractivity contribution is 0.0683. The summed E-state index contributed by atoms with van der Waals surface area (Å²) in [5.74, 6) is -1.45. The van der Waals surface area contributed by atoms with Gasteiger partial charge in [-0.15, -0.1) is 0 Å². The van der Waals surface area contributed by atoms with Crippen molar-refractivity contribution in [1.82, 2.24) is 14.2 Å². The molecule has 6 nitrogen and oxygen atoms in total. The molecule has 0 saturated carbocycles. The Hall–Kier alpha value is -2.26. The largest absolute Gasteiger partial charge is 0.340 e. The molecule has 27 heavy (non-hydrogen) atoms. The van der Waals surface area contributed by atoms with Gasteiger partial charge < -0.3 is 9.47 Å². The lowest BCUT2D eigenvalue weighted by Crippen LogP contribution is -2.41. The van der Waals surface area contributed by atoms with Gasteiger partial charge in [-0.25, -0.2) is 21.9 Å². The van der Waals surface area contributed by atoms with Gasteiger partial charge in [-0.1, -0.05) is 13.8 Å². The number of sulfonamides is 1. The molecule has 1 aromatic carbocycles. The third-order valence-electron chi connectivity index (χ3n) is 4.27. The van der Waals surface area contributed by atoms with Gasteiger partial charge in [0.05, 0.1) is 0 Å². The Morgan fingerprint density at radius 3 is 2.41 bits per heavy atom. The van der Waals surface area contributed by atoms with Crippen LogP contribution < -0.4 is 4.72 Å². The zero-order valence-electron chi connectivity index (χ0n) is 15.1. The Balaban J connectivity index is 1.77. The maximum absolute atomic E-state index is 13.2. The number of hydrogen-bond donors (Lipinski definition) is 1. The highest BCUT2D eigenvalue weighted by Gasteiger charge is 2.28. The van der Waals surface area contributed by atoms with E-state index in [1.165, 1.54) is 12.3 Å². The van der Waals surface area contributed by atoms with Crippen molar-refractivity contribution < 1.29 is 22.0 Å². The van der Waals surface area contributed by atoms with Crippen molar-refractivity contribution in [3.8, 4) is 0 Å². The molecule has 0 fully saturated rings. The first-order valence-electron chi connectivity index (χ1n) is 8.60. The van der Waals surface area contributed by atoms with Gasteiger partial charge in [-0.05, 0) is 29.7 Å². The van der Waals surface area contributed by atoms with Crippen LogP contribution in [0.5, 0.6) is 0 Å². The number of nitrogens with one attached hydrogen (secondary N) is 1. The van der Waals surface area contributed by atoms with Crippen molar-refractivity contribution in [2.24, 2.45) is 5.92 Å². The van der Waals surface area contributed by atoms with Crippen LogP contribution in [0, 0.1) is 17.6 Å². The lowest BCUT2D eigenvalue weighted by atomic mass is 10.2. The standard InChI is InChI=1S/C18H21F2N3O3S/c1-12(2)10-23-4-3-22-11-16(8-17(22)18(23)24)27(25,26)21-9-13-5-14(19)7-15(20)6-13/h5-8,11-12,21H,3-4,9-10H2,1-2H3. The normalized spacial score (nSPS) is 14.7. The van der Waals surface area contributed by atoms with Crippen LogP contribution in [0.25, 0.3) is 0 Å². The fraction of sp³-hybridized carbons (Fsp3) is 0.389. The molecule has 2 heterocycles. The molecule has 1 N–H and O–H groups in total. The molecule has 9 heteroatoms. The number of carbonyl (C=O) groups excluding carboxylic acids is 1. The molecule has 0 unspecified atom stereocenters. The van der Waals surface area contributed by atoms with E-state index in [1.54, 1.807) is 9.47 Å². The van der Waals surface area contributed by atoms with Crippen LogP contribution in [0.1, 0.15) is 29.9 Å². The number of benzene rings is 1. The second-order valence-corrected chi connectivity index (χ2v) is 8.77. The molecular weight excluding hydrogens is 376 g/mol. The predicted octanol–water partition coefficient (Wildman–Crippen LogP) is 2.36. The fourth-order valence-electron chi connectivity index (χ4n) is 3.08. The van der Waals surface area contributed by atoms with Gasteiger partial charge in [-0.3, -0.25) is 4.79 Å². The molecule has 0 saturated heterocycles. The summed E-state index contributed by atoms with van der Waals surface area (Å²) in [6.07, 6.45) is 1.41. The number of halogens is 2. The molecule has 3 rings (SSSR count). The van der Waals surface area contributed by atoms with Gasteiger partial charge in [0.2, 0.25) is 10.0 Å². The molecule has 1 aromatic heterocycles. The third kappa shape index (κ3) is 4.36. The van der Waals surface area contributed by atoms with Gasteiger partial charge in [0.15, 0.2) is 0 Å². The van der Waals surface area contributed by atoms with Crippen molar-refractivity contribution in [1.29, 1.82) is 0 Å². The van der Waals surface area contributed by atoms with Crippen molar-refractivity contribution in [2.75, 3.05) is 13.1 Å². The summed E-state index contributed by atoms with van der Waals surface area (Å²) in [6.45, 7) is 5.40. The first kappa shape index (κ1) is 19.5. The van der Waals surface area contributed by atoms with E-state index < -0.39 is 21.7 Å². The summed E-state index contributed by atoms with van der Waals surface area (Å²) in [5, 5.41) is 0. The zero-order valence-corrected chi connectivity index (χ0v) is 15.9. The highest BCUT2D eigenvalue weighted by molar-refractivity contribution is 7.89. The van der Waals surface area contributed by atoms with Crippen LogP contribution >= 0.6 is 0 Å². The average molecular weight is 397 g/mol. The molecule has 0 atom stereocenters. The van der Waals surface area contributed by atoms with Crippen molar-refractivity contribution >= 4 is 15.9 Å². The quantitative estimate of drug-likeness (QED) is 0.813. The molecule has 0 radical (unpaired) electrons. The highest BCUT2D eigenvalue weighted by atomic mass is 32.2. The second kappa shape index (κ2) is 7.40. The summed E-state index contributed by atoms with van der Waals surface area (Å²) in [4.78, 5) is 14.2. The Morgan fingerprint density at radius 1 is 1.11 bits per heavy atom. The summed E-state index contributed by atoms with van der Waals surface area (Å²) >= 11 is 0. The molecule has 1 amide bonds. The van der Waals surface area contributed by atoms with Gasteiger partial charge in [0.25, 0.3) is 5.91 Å². The van der Waals surface area contributed by atoms with Crippen LogP contribution in [-0.2, 0) is 23.1 Å². The summed E-state index contributed by atoms with van der Waals surface area (Å²) in [5.41, 5.74) is 0.485. The number of hydrogen-bond acceptors (Lipinski definition) is 3. The minimum absolute atomic E-state index is 0.0471. The number of rotatable bonds is 6. The van der Waals surface area contributed by atoms with E-state index in [1.807, 2.05) is 13.8 Å². The van der Waals surface area contributed by atoms with E-state index in [0.717, 1.165) is 12.1 Å². The highest BCUT2D eigenvalue weighted by Crippen LogP contribution is 2.21. The molecule has 0 spiro atoms. The Labute approximate surface area is 156 Å². The monoisotopic (exact) mass is 397 g/mol.